The van der Waals surface area contributed by atoms with Crippen LogP contribution >= 0.6 is 0 Å². The monoisotopic (exact) mass is 190 g/mol. The second-order valence-corrected chi connectivity index (χ2v) is 3.32. The molecule has 1 aromatic rings. The predicted octanol–water partition coefficient (Wildman–Crippen LogP) is 1.44. The lowest BCUT2D eigenvalue weighted by Gasteiger charge is -2.13. The molecule has 0 radical (unpaired) electrons. The minimum atomic E-state index is -1.08. The van der Waals surface area contributed by atoms with Crippen LogP contribution < -0.4 is 0 Å². The first-order chi connectivity index (χ1) is 6.64. The normalized spacial score (nSPS) is 13.9. The first-order valence-corrected chi connectivity index (χ1v) is 4.43. The molecule has 1 rings (SSSR count). The fraction of sp³-hybridized carbons (Fsp3) is 0.333. The SMILES string of the molecule is COCC(C)(O)C#Cc1ccccc1. The molecule has 1 atom stereocenters. The topological polar surface area (TPSA) is 29.5 Å². The molecular formula is C12H14O2. The molecule has 0 spiro atoms. The van der Waals surface area contributed by atoms with Gasteiger partial charge in [-0.05, 0) is 19.1 Å². The first-order valence-electron chi connectivity index (χ1n) is 4.43. The molecule has 0 heterocycles. The molecule has 1 unspecified atom stereocenters. The molecule has 0 fully saturated rings. The maximum atomic E-state index is 9.68. The zero-order chi connectivity index (χ0) is 10.4. The van der Waals surface area contributed by atoms with Crippen molar-refractivity contribution < 1.29 is 9.84 Å². The quantitative estimate of drug-likeness (QED) is 0.715. The van der Waals surface area contributed by atoms with Crippen molar-refractivity contribution >= 4 is 0 Å². The van der Waals surface area contributed by atoms with Crippen LogP contribution in [-0.2, 0) is 4.74 Å². The second-order valence-electron chi connectivity index (χ2n) is 3.32. The van der Waals surface area contributed by atoms with Crippen molar-refractivity contribution in [3.63, 3.8) is 0 Å². The molecule has 1 N–H and O–H groups in total. The molecule has 0 aliphatic rings. The number of benzene rings is 1. The van der Waals surface area contributed by atoms with Crippen molar-refractivity contribution in [3.05, 3.63) is 35.9 Å². The van der Waals surface area contributed by atoms with Crippen LogP contribution in [0.1, 0.15) is 12.5 Å². The minimum absolute atomic E-state index is 0.215. The number of rotatable bonds is 2. The summed E-state index contributed by atoms with van der Waals surface area (Å²) in [7, 11) is 1.54. The van der Waals surface area contributed by atoms with Gasteiger partial charge in [0.05, 0.1) is 6.61 Å². The molecule has 0 saturated carbocycles. The Morgan fingerprint density at radius 1 is 1.36 bits per heavy atom. The number of ether oxygens (including phenoxy) is 1. The van der Waals surface area contributed by atoms with E-state index in [1.165, 1.54) is 0 Å². The molecule has 0 aliphatic heterocycles. The smallest absolute Gasteiger partial charge is 0.146 e. The third-order valence-corrected chi connectivity index (χ3v) is 1.68. The maximum absolute atomic E-state index is 9.68. The van der Waals surface area contributed by atoms with Crippen LogP contribution in [0.3, 0.4) is 0 Å². The summed E-state index contributed by atoms with van der Waals surface area (Å²) in [6, 6.07) is 9.55. The molecule has 0 saturated heterocycles. The van der Waals surface area contributed by atoms with Gasteiger partial charge in [0.15, 0.2) is 0 Å². The van der Waals surface area contributed by atoms with E-state index in [0.29, 0.717) is 0 Å². The van der Waals surface area contributed by atoms with Crippen molar-refractivity contribution in [2.75, 3.05) is 13.7 Å². The minimum Gasteiger partial charge on any atom is -0.381 e. The highest BCUT2D eigenvalue weighted by atomic mass is 16.5. The Labute approximate surface area is 84.5 Å². The Morgan fingerprint density at radius 2 is 2.00 bits per heavy atom. The van der Waals surface area contributed by atoms with Crippen molar-refractivity contribution in [1.82, 2.24) is 0 Å². The van der Waals surface area contributed by atoms with Gasteiger partial charge in [0.25, 0.3) is 0 Å². The summed E-state index contributed by atoms with van der Waals surface area (Å²) in [5.74, 6) is 5.65. The second kappa shape index (κ2) is 4.80. The van der Waals surface area contributed by atoms with E-state index in [1.54, 1.807) is 14.0 Å². The Morgan fingerprint density at radius 3 is 2.57 bits per heavy atom. The van der Waals surface area contributed by atoms with Gasteiger partial charge in [0.2, 0.25) is 0 Å². The summed E-state index contributed by atoms with van der Waals surface area (Å²) in [6.07, 6.45) is 0. The predicted molar refractivity (Wildman–Crippen MR) is 55.8 cm³/mol. The number of aliphatic hydroxyl groups is 1. The molecule has 0 amide bonds. The zero-order valence-electron chi connectivity index (χ0n) is 8.45. The fourth-order valence-electron chi connectivity index (χ4n) is 1.05. The van der Waals surface area contributed by atoms with E-state index in [4.69, 9.17) is 4.74 Å². The van der Waals surface area contributed by atoms with Gasteiger partial charge in [-0.3, -0.25) is 0 Å². The van der Waals surface area contributed by atoms with Crippen molar-refractivity contribution in [2.45, 2.75) is 12.5 Å². The van der Waals surface area contributed by atoms with E-state index < -0.39 is 5.60 Å². The third-order valence-electron chi connectivity index (χ3n) is 1.68. The van der Waals surface area contributed by atoms with Crippen LogP contribution in [0.5, 0.6) is 0 Å². The highest BCUT2D eigenvalue weighted by molar-refractivity contribution is 5.35. The van der Waals surface area contributed by atoms with E-state index in [-0.39, 0.29) is 6.61 Å². The Kier molecular flexibility index (Phi) is 3.70. The maximum Gasteiger partial charge on any atom is 0.146 e. The molecule has 0 aliphatic carbocycles. The lowest BCUT2D eigenvalue weighted by molar-refractivity contribution is 0.0274. The van der Waals surface area contributed by atoms with Crippen molar-refractivity contribution in [1.29, 1.82) is 0 Å². The van der Waals surface area contributed by atoms with Crippen LogP contribution in [-0.4, -0.2) is 24.4 Å². The molecule has 0 bridgehead atoms. The molecule has 74 valence electrons. The highest BCUT2D eigenvalue weighted by Gasteiger charge is 2.15. The summed E-state index contributed by atoms with van der Waals surface area (Å²) >= 11 is 0. The summed E-state index contributed by atoms with van der Waals surface area (Å²) in [5.41, 5.74) is -0.186. The number of hydrogen-bond acceptors (Lipinski definition) is 2. The average molecular weight is 190 g/mol. The highest BCUT2D eigenvalue weighted by Crippen LogP contribution is 2.02. The summed E-state index contributed by atoms with van der Waals surface area (Å²) < 4.78 is 4.84. The number of hydrogen-bond donors (Lipinski definition) is 1. The standard InChI is InChI=1S/C12H14O2/c1-12(13,10-14-2)9-8-11-6-4-3-5-7-11/h3-7,13H,10H2,1-2H3. The van der Waals surface area contributed by atoms with Gasteiger partial charge in [-0.2, -0.15) is 0 Å². The molecule has 1 aromatic carbocycles. The molecule has 2 heteroatoms. The summed E-state index contributed by atoms with van der Waals surface area (Å²) in [4.78, 5) is 0. The Hall–Kier alpha value is -1.30. The Balaban J connectivity index is 2.73. The Bertz CT molecular complexity index is 330. The van der Waals surface area contributed by atoms with E-state index in [0.717, 1.165) is 5.56 Å². The number of methoxy groups -OCH3 is 1. The van der Waals surface area contributed by atoms with Crippen LogP contribution in [0.15, 0.2) is 30.3 Å². The van der Waals surface area contributed by atoms with Gasteiger partial charge in [0.1, 0.15) is 5.60 Å². The zero-order valence-corrected chi connectivity index (χ0v) is 8.45. The lowest BCUT2D eigenvalue weighted by Crippen LogP contribution is -2.27. The van der Waals surface area contributed by atoms with Crippen LogP contribution in [0.25, 0.3) is 0 Å². The van der Waals surface area contributed by atoms with E-state index in [9.17, 15) is 5.11 Å². The lowest BCUT2D eigenvalue weighted by atomic mass is 10.1. The average Bonchev–Trinajstić information content (AvgIpc) is 2.17. The summed E-state index contributed by atoms with van der Waals surface area (Å²) in [5, 5.41) is 9.68. The first kappa shape index (κ1) is 10.8. The largest absolute Gasteiger partial charge is 0.381 e. The summed E-state index contributed by atoms with van der Waals surface area (Å²) in [6.45, 7) is 1.85. The van der Waals surface area contributed by atoms with Gasteiger partial charge in [0, 0.05) is 12.7 Å². The van der Waals surface area contributed by atoms with Gasteiger partial charge >= 0.3 is 0 Å². The van der Waals surface area contributed by atoms with E-state index in [1.807, 2.05) is 30.3 Å². The molecule has 0 aromatic heterocycles. The van der Waals surface area contributed by atoms with Crippen molar-refractivity contribution in [2.24, 2.45) is 0 Å². The molecule has 2 nitrogen and oxygen atoms in total. The van der Waals surface area contributed by atoms with E-state index >= 15 is 0 Å². The van der Waals surface area contributed by atoms with Crippen molar-refractivity contribution in [3.8, 4) is 11.8 Å². The molecule has 14 heavy (non-hydrogen) atoms. The fourth-order valence-corrected chi connectivity index (χ4v) is 1.05. The van der Waals surface area contributed by atoms with Gasteiger partial charge in [-0.25, -0.2) is 0 Å². The van der Waals surface area contributed by atoms with Crippen LogP contribution in [0.2, 0.25) is 0 Å². The van der Waals surface area contributed by atoms with Gasteiger partial charge in [-0.15, -0.1) is 0 Å². The van der Waals surface area contributed by atoms with Gasteiger partial charge < -0.3 is 9.84 Å². The van der Waals surface area contributed by atoms with E-state index in [2.05, 4.69) is 11.8 Å². The van der Waals surface area contributed by atoms with Crippen LogP contribution in [0.4, 0.5) is 0 Å². The van der Waals surface area contributed by atoms with Crippen LogP contribution in [0, 0.1) is 11.8 Å². The van der Waals surface area contributed by atoms with Gasteiger partial charge in [-0.1, -0.05) is 30.0 Å². The third kappa shape index (κ3) is 3.61. The molecular weight excluding hydrogens is 176 g/mol.